The minimum Gasteiger partial charge on any atom is -0.497 e. The highest BCUT2D eigenvalue weighted by Crippen LogP contribution is 2.24. The number of carbonyl (C=O) groups excluding carboxylic acids is 3. The topological polar surface area (TPSA) is 94.2 Å². The Morgan fingerprint density at radius 2 is 1.72 bits per heavy atom. The summed E-state index contributed by atoms with van der Waals surface area (Å²) in [6.45, 7) is 0.735. The van der Waals surface area contributed by atoms with Crippen molar-refractivity contribution >= 4 is 29.1 Å². The second kappa shape index (κ2) is 7.80. The van der Waals surface area contributed by atoms with Gasteiger partial charge in [0.05, 0.1) is 7.11 Å². The smallest absolute Gasteiger partial charge is 0.326 e. The fraction of sp³-hybridized carbons (Fsp3) is 0.250. The van der Waals surface area contributed by atoms with Crippen LogP contribution in [0.1, 0.15) is 0 Å². The molecule has 29 heavy (non-hydrogen) atoms. The van der Waals surface area contributed by atoms with Crippen molar-refractivity contribution in [3.63, 3.8) is 0 Å². The first-order valence-electron chi connectivity index (χ1n) is 9.21. The Hall–Kier alpha value is -3.59. The molecule has 0 bridgehead atoms. The van der Waals surface area contributed by atoms with Gasteiger partial charge in [0.25, 0.3) is 0 Å². The Morgan fingerprint density at radius 1 is 1.03 bits per heavy atom. The van der Waals surface area contributed by atoms with E-state index in [-0.39, 0.29) is 6.54 Å². The lowest BCUT2D eigenvalue weighted by molar-refractivity contribution is -0.163. The second-order valence-electron chi connectivity index (χ2n) is 6.70. The van der Waals surface area contributed by atoms with Crippen molar-refractivity contribution < 1.29 is 19.1 Å². The number of ether oxygens (including phenoxy) is 1. The maximum absolute atomic E-state index is 12.5. The van der Waals surface area contributed by atoms with Crippen molar-refractivity contribution in [2.75, 3.05) is 37.0 Å². The van der Waals surface area contributed by atoms with Crippen molar-refractivity contribution in [1.82, 2.24) is 15.3 Å². The molecule has 9 heteroatoms. The van der Waals surface area contributed by atoms with Gasteiger partial charge in [-0.05, 0) is 36.4 Å². The lowest BCUT2D eigenvalue weighted by Gasteiger charge is -2.40. The molecule has 150 valence electrons. The largest absolute Gasteiger partial charge is 0.497 e. The predicted molar refractivity (Wildman–Crippen MR) is 106 cm³/mol. The number of benzene rings is 2. The summed E-state index contributed by atoms with van der Waals surface area (Å²) in [6.07, 6.45) is -0.517. The van der Waals surface area contributed by atoms with E-state index in [9.17, 15) is 14.4 Å². The maximum atomic E-state index is 12.5. The number of nitrogens with one attached hydrogen (secondary N) is 2. The number of methoxy groups -OCH3 is 1. The van der Waals surface area contributed by atoms with Crippen LogP contribution >= 0.6 is 0 Å². The zero-order chi connectivity index (χ0) is 20.4. The molecule has 2 fully saturated rings. The molecule has 2 aromatic rings. The fourth-order valence-corrected chi connectivity index (χ4v) is 3.44. The molecule has 4 rings (SSSR count). The minimum atomic E-state index is -0.749. The number of amides is 3. The quantitative estimate of drug-likeness (QED) is 0.721. The second-order valence-corrected chi connectivity index (χ2v) is 6.70. The Labute approximate surface area is 167 Å². The Balaban J connectivity index is 1.45. The average Bonchev–Trinajstić information content (AvgIpc) is 3.17. The highest BCUT2D eigenvalue weighted by atomic mass is 16.5. The molecule has 2 N–H and O–H groups in total. The molecular weight excluding hydrogens is 374 g/mol. The van der Waals surface area contributed by atoms with E-state index in [4.69, 9.17) is 4.74 Å². The number of rotatable bonds is 5. The van der Waals surface area contributed by atoms with Gasteiger partial charge in [0.15, 0.2) is 6.29 Å². The van der Waals surface area contributed by atoms with Crippen LogP contribution in [-0.2, 0) is 14.4 Å². The number of hydrogen-bond donors (Lipinski definition) is 2. The molecule has 0 spiro atoms. The third kappa shape index (κ3) is 3.72. The highest BCUT2D eigenvalue weighted by molar-refractivity contribution is 6.35. The lowest BCUT2D eigenvalue weighted by Crippen LogP contribution is -2.68. The van der Waals surface area contributed by atoms with Gasteiger partial charge in [0.2, 0.25) is 5.91 Å². The molecule has 2 aromatic carbocycles. The number of hydrazine groups is 1. The van der Waals surface area contributed by atoms with Gasteiger partial charge in [-0.15, -0.1) is 0 Å². The van der Waals surface area contributed by atoms with Crippen molar-refractivity contribution in [1.29, 1.82) is 0 Å². The van der Waals surface area contributed by atoms with Gasteiger partial charge in [-0.1, -0.05) is 18.2 Å². The lowest BCUT2D eigenvalue weighted by atomic mass is 10.3. The third-order valence-electron chi connectivity index (χ3n) is 4.90. The normalized spacial score (nSPS) is 18.7. The summed E-state index contributed by atoms with van der Waals surface area (Å²) in [6, 6.07) is 16.4. The molecule has 0 saturated carbocycles. The molecule has 2 aliphatic heterocycles. The van der Waals surface area contributed by atoms with Gasteiger partial charge in [0, 0.05) is 24.5 Å². The van der Waals surface area contributed by atoms with Crippen LogP contribution < -0.4 is 20.4 Å². The van der Waals surface area contributed by atoms with E-state index < -0.39 is 24.0 Å². The molecule has 2 aliphatic rings. The van der Waals surface area contributed by atoms with Gasteiger partial charge in [-0.3, -0.25) is 24.3 Å². The van der Waals surface area contributed by atoms with Gasteiger partial charge >= 0.3 is 11.8 Å². The fourth-order valence-electron chi connectivity index (χ4n) is 3.44. The Bertz CT molecular complexity index is 918. The summed E-state index contributed by atoms with van der Waals surface area (Å²) in [7, 11) is 1.56. The average molecular weight is 395 g/mol. The van der Waals surface area contributed by atoms with E-state index >= 15 is 0 Å². The standard InChI is InChI=1S/C20H21N5O4/c1-29-16-9-7-14(8-10-16)21-17(26)13-25-19(28)18(27)24-12-11-23(20(24)22-25)15-5-3-2-4-6-15/h2-10,20,22H,11-13H2,1H3,(H,21,26). The summed E-state index contributed by atoms with van der Waals surface area (Å²) < 4.78 is 5.09. The molecule has 2 saturated heterocycles. The van der Waals surface area contributed by atoms with Crippen LogP contribution in [0.25, 0.3) is 0 Å². The van der Waals surface area contributed by atoms with Crippen LogP contribution in [0.2, 0.25) is 0 Å². The summed E-state index contributed by atoms with van der Waals surface area (Å²) in [5.41, 5.74) is 4.51. The molecular formula is C20H21N5O4. The van der Waals surface area contributed by atoms with Crippen LogP contribution in [0.3, 0.4) is 0 Å². The van der Waals surface area contributed by atoms with Crippen LogP contribution in [0, 0.1) is 0 Å². The first kappa shape index (κ1) is 18.8. The van der Waals surface area contributed by atoms with E-state index in [1.807, 2.05) is 35.2 Å². The summed E-state index contributed by atoms with van der Waals surface area (Å²) in [5, 5.41) is 3.78. The zero-order valence-electron chi connectivity index (χ0n) is 15.9. The van der Waals surface area contributed by atoms with Crippen molar-refractivity contribution in [2.45, 2.75) is 6.29 Å². The number of fused-ring (bicyclic) bond motifs is 1. The summed E-state index contributed by atoms with van der Waals surface area (Å²) in [4.78, 5) is 40.8. The summed E-state index contributed by atoms with van der Waals surface area (Å²) in [5.74, 6) is -1.12. The van der Waals surface area contributed by atoms with E-state index in [1.54, 1.807) is 31.4 Å². The minimum absolute atomic E-state index is 0.288. The Kier molecular flexibility index (Phi) is 5.05. The Morgan fingerprint density at radius 3 is 2.41 bits per heavy atom. The SMILES string of the molecule is COc1ccc(NC(=O)CN2NC3N(CCN3c3ccccc3)C(=O)C2=O)cc1. The molecule has 9 nitrogen and oxygen atoms in total. The van der Waals surface area contributed by atoms with Crippen molar-refractivity contribution in [3.8, 4) is 5.75 Å². The van der Waals surface area contributed by atoms with E-state index in [0.29, 0.717) is 24.5 Å². The van der Waals surface area contributed by atoms with Crippen LogP contribution in [0.5, 0.6) is 5.75 Å². The molecule has 3 amide bonds. The number of nitrogens with zero attached hydrogens (tertiary/aromatic N) is 3. The number of carbonyl (C=O) groups is 3. The predicted octanol–water partition coefficient (Wildman–Crippen LogP) is 0.613. The van der Waals surface area contributed by atoms with Crippen LogP contribution in [-0.4, -0.2) is 60.7 Å². The van der Waals surface area contributed by atoms with Crippen LogP contribution in [0.15, 0.2) is 54.6 Å². The molecule has 2 heterocycles. The summed E-state index contributed by atoms with van der Waals surface area (Å²) >= 11 is 0. The molecule has 0 aromatic heterocycles. The number of para-hydroxylation sites is 1. The van der Waals surface area contributed by atoms with Gasteiger partial charge in [-0.25, -0.2) is 0 Å². The van der Waals surface area contributed by atoms with Gasteiger partial charge in [0.1, 0.15) is 12.3 Å². The monoisotopic (exact) mass is 395 g/mol. The first-order chi connectivity index (χ1) is 14.1. The van der Waals surface area contributed by atoms with E-state index in [1.165, 1.54) is 4.90 Å². The van der Waals surface area contributed by atoms with Crippen LogP contribution in [0.4, 0.5) is 11.4 Å². The van der Waals surface area contributed by atoms with Gasteiger partial charge < -0.3 is 15.0 Å². The third-order valence-corrected chi connectivity index (χ3v) is 4.90. The van der Waals surface area contributed by atoms with Crippen molar-refractivity contribution in [2.24, 2.45) is 0 Å². The number of anilines is 2. The van der Waals surface area contributed by atoms with Crippen molar-refractivity contribution in [3.05, 3.63) is 54.6 Å². The zero-order valence-corrected chi connectivity index (χ0v) is 15.9. The van der Waals surface area contributed by atoms with E-state index in [2.05, 4.69) is 10.7 Å². The van der Waals surface area contributed by atoms with Gasteiger partial charge in [-0.2, -0.15) is 5.43 Å². The maximum Gasteiger partial charge on any atom is 0.326 e. The molecule has 1 unspecified atom stereocenters. The first-order valence-corrected chi connectivity index (χ1v) is 9.21. The molecule has 1 atom stereocenters. The number of hydrogen-bond acceptors (Lipinski definition) is 6. The molecule has 0 radical (unpaired) electrons. The molecule has 0 aliphatic carbocycles. The van der Waals surface area contributed by atoms with E-state index in [0.717, 1.165) is 10.7 Å². The highest BCUT2D eigenvalue weighted by Gasteiger charge is 2.45.